The second kappa shape index (κ2) is 4.79. The van der Waals surface area contributed by atoms with Crippen molar-refractivity contribution in [3.05, 3.63) is 58.3 Å². The molecule has 0 amide bonds. The van der Waals surface area contributed by atoms with E-state index < -0.39 is 0 Å². The third-order valence-corrected chi connectivity index (χ3v) is 3.75. The fraction of sp³-hybridized carbons (Fsp3) is 0.133. The number of halogens is 1. The van der Waals surface area contributed by atoms with Crippen LogP contribution in [0.3, 0.4) is 0 Å². The topological polar surface area (TPSA) is 43.3 Å². The molecule has 0 saturated carbocycles. The van der Waals surface area contributed by atoms with Crippen LogP contribution >= 0.6 is 15.9 Å². The number of hydrogen-bond acceptors (Lipinski definition) is 2. The third-order valence-electron chi connectivity index (χ3n) is 3.25. The average molecular weight is 316 g/mol. The van der Waals surface area contributed by atoms with Crippen molar-refractivity contribution >= 4 is 21.6 Å². The van der Waals surface area contributed by atoms with Crippen molar-refractivity contribution in [3.63, 3.8) is 0 Å². The molecular formula is C15H14BrN3. The molecule has 3 rings (SSSR count). The van der Waals surface area contributed by atoms with Gasteiger partial charge >= 0.3 is 0 Å². The molecule has 0 atom stereocenters. The van der Waals surface area contributed by atoms with Gasteiger partial charge in [-0.1, -0.05) is 34.1 Å². The van der Waals surface area contributed by atoms with Gasteiger partial charge in [-0.3, -0.25) is 0 Å². The minimum absolute atomic E-state index is 0.541. The van der Waals surface area contributed by atoms with Crippen LogP contribution in [-0.4, -0.2) is 9.38 Å². The standard InChI is InChI=1S/C15H14BrN3/c1-10-15(12-3-2-4-13(16)7-12)18-14-6-5-11(8-17)9-19(10)14/h2-7,9H,8,17H2,1H3. The molecule has 1 aromatic carbocycles. The van der Waals surface area contributed by atoms with E-state index in [0.717, 1.165) is 32.6 Å². The van der Waals surface area contributed by atoms with E-state index in [0.29, 0.717) is 6.54 Å². The number of benzene rings is 1. The molecule has 0 radical (unpaired) electrons. The fourth-order valence-electron chi connectivity index (χ4n) is 2.24. The zero-order chi connectivity index (χ0) is 13.4. The number of nitrogens with zero attached hydrogens (tertiary/aromatic N) is 2. The Balaban J connectivity index is 2.22. The van der Waals surface area contributed by atoms with E-state index in [2.05, 4.69) is 45.6 Å². The zero-order valence-corrected chi connectivity index (χ0v) is 12.2. The van der Waals surface area contributed by atoms with E-state index in [1.807, 2.05) is 24.3 Å². The number of nitrogens with two attached hydrogens (primary N) is 1. The molecule has 0 spiro atoms. The molecule has 3 aromatic rings. The number of hydrogen-bond donors (Lipinski definition) is 1. The first-order chi connectivity index (χ1) is 9.19. The number of aryl methyl sites for hydroxylation is 1. The van der Waals surface area contributed by atoms with Crippen LogP contribution in [0.15, 0.2) is 47.1 Å². The molecule has 4 heteroatoms. The van der Waals surface area contributed by atoms with E-state index in [4.69, 9.17) is 10.7 Å². The van der Waals surface area contributed by atoms with E-state index in [1.165, 1.54) is 0 Å². The van der Waals surface area contributed by atoms with Gasteiger partial charge in [0.15, 0.2) is 0 Å². The summed E-state index contributed by atoms with van der Waals surface area (Å²) in [5, 5.41) is 0. The molecule has 2 aromatic heterocycles. The van der Waals surface area contributed by atoms with Crippen molar-refractivity contribution in [2.75, 3.05) is 0 Å². The summed E-state index contributed by atoms with van der Waals surface area (Å²) < 4.78 is 3.16. The largest absolute Gasteiger partial charge is 0.326 e. The summed E-state index contributed by atoms with van der Waals surface area (Å²) >= 11 is 3.50. The highest BCUT2D eigenvalue weighted by molar-refractivity contribution is 9.10. The predicted octanol–water partition coefficient (Wildman–Crippen LogP) is 3.53. The lowest BCUT2D eigenvalue weighted by Crippen LogP contribution is -1.98. The first-order valence-electron chi connectivity index (χ1n) is 6.12. The smallest absolute Gasteiger partial charge is 0.137 e. The van der Waals surface area contributed by atoms with E-state index >= 15 is 0 Å². The highest BCUT2D eigenvalue weighted by Crippen LogP contribution is 2.26. The van der Waals surface area contributed by atoms with Crippen LogP contribution in [0.25, 0.3) is 16.9 Å². The highest BCUT2D eigenvalue weighted by Gasteiger charge is 2.10. The molecular weight excluding hydrogens is 302 g/mol. The maximum absolute atomic E-state index is 5.69. The van der Waals surface area contributed by atoms with Gasteiger partial charge in [0, 0.05) is 28.5 Å². The highest BCUT2D eigenvalue weighted by atomic mass is 79.9. The Labute approximate surface area is 120 Å². The molecule has 0 bridgehead atoms. The molecule has 19 heavy (non-hydrogen) atoms. The average Bonchev–Trinajstić information content (AvgIpc) is 2.76. The van der Waals surface area contributed by atoms with Crippen LogP contribution in [-0.2, 0) is 6.54 Å². The second-order valence-electron chi connectivity index (χ2n) is 4.53. The molecule has 3 nitrogen and oxygen atoms in total. The summed E-state index contributed by atoms with van der Waals surface area (Å²) in [6.45, 7) is 2.62. The van der Waals surface area contributed by atoms with E-state index in [9.17, 15) is 0 Å². The summed E-state index contributed by atoms with van der Waals surface area (Å²) in [5.74, 6) is 0. The Morgan fingerprint density at radius 1 is 1.26 bits per heavy atom. The molecule has 0 aliphatic rings. The molecule has 0 aliphatic carbocycles. The summed E-state index contributed by atoms with van der Waals surface area (Å²) in [4.78, 5) is 4.70. The Morgan fingerprint density at radius 3 is 2.84 bits per heavy atom. The number of fused-ring (bicyclic) bond motifs is 1. The van der Waals surface area contributed by atoms with Crippen LogP contribution in [0.4, 0.5) is 0 Å². The van der Waals surface area contributed by atoms with Crippen molar-refractivity contribution in [2.45, 2.75) is 13.5 Å². The van der Waals surface area contributed by atoms with Gasteiger partial charge in [-0.25, -0.2) is 4.98 Å². The van der Waals surface area contributed by atoms with Crippen LogP contribution in [0.2, 0.25) is 0 Å². The van der Waals surface area contributed by atoms with E-state index in [1.54, 1.807) is 0 Å². The Bertz CT molecular complexity index is 746. The second-order valence-corrected chi connectivity index (χ2v) is 5.44. The number of pyridine rings is 1. The Kier molecular flexibility index (Phi) is 3.12. The Morgan fingerprint density at radius 2 is 2.11 bits per heavy atom. The quantitative estimate of drug-likeness (QED) is 0.786. The van der Waals surface area contributed by atoms with Gasteiger partial charge < -0.3 is 10.1 Å². The molecule has 0 fully saturated rings. The molecule has 2 N–H and O–H groups in total. The first kappa shape index (κ1) is 12.4. The lowest BCUT2D eigenvalue weighted by atomic mass is 10.1. The van der Waals surface area contributed by atoms with Gasteiger partial charge in [-0.15, -0.1) is 0 Å². The lowest BCUT2D eigenvalue weighted by Gasteiger charge is -2.01. The van der Waals surface area contributed by atoms with Gasteiger partial charge in [-0.05, 0) is 30.7 Å². The van der Waals surface area contributed by atoms with Crippen molar-refractivity contribution in [2.24, 2.45) is 5.73 Å². The summed E-state index contributed by atoms with van der Waals surface area (Å²) in [6, 6.07) is 12.2. The minimum atomic E-state index is 0.541. The van der Waals surface area contributed by atoms with E-state index in [-0.39, 0.29) is 0 Å². The monoisotopic (exact) mass is 315 g/mol. The number of aromatic nitrogens is 2. The van der Waals surface area contributed by atoms with Gasteiger partial charge in [0.05, 0.1) is 5.69 Å². The zero-order valence-electron chi connectivity index (χ0n) is 10.6. The Hall–Kier alpha value is -1.65. The predicted molar refractivity (Wildman–Crippen MR) is 81.0 cm³/mol. The van der Waals surface area contributed by atoms with Gasteiger partial charge in [0.2, 0.25) is 0 Å². The maximum Gasteiger partial charge on any atom is 0.137 e. The number of rotatable bonds is 2. The molecule has 0 unspecified atom stereocenters. The molecule has 0 saturated heterocycles. The minimum Gasteiger partial charge on any atom is -0.326 e. The van der Waals surface area contributed by atoms with Crippen LogP contribution in [0.1, 0.15) is 11.3 Å². The van der Waals surface area contributed by atoms with Crippen molar-refractivity contribution < 1.29 is 0 Å². The van der Waals surface area contributed by atoms with Crippen molar-refractivity contribution in [1.82, 2.24) is 9.38 Å². The van der Waals surface area contributed by atoms with Crippen molar-refractivity contribution in [3.8, 4) is 11.3 Å². The third kappa shape index (κ3) is 2.17. The molecule has 96 valence electrons. The van der Waals surface area contributed by atoms with Crippen molar-refractivity contribution in [1.29, 1.82) is 0 Å². The van der Waals surface area contributed by atoms with Crippen LogP contribution < -0.4 is 5.73 Å². The van der Waals surface area contributed by atoms with Crippen LogP contribution in [0.5, 0.6) is 0 Å². The maximum atomic E-state index is 5.69. The normalized spacial score (nSPS) is 11.1. The van der Waals surface area contributed by atoms with Crippen LogP contribution in [0, 0.1) is 6.92 Å². The lowest BCUT2D eigenvalue weighted by molar-refractivity contribution is 1.01. The summed E-state index contributed by atoms with van der Waals surface area (Å²) in [7, 11) is 0. The summed E-state index contributed by atoms with van der Waals surface area (Å²) in [6.07, 6.45) is 2.05. The van der Waals surface area contributed by atoms with Gasteiger partial charge in [0.25, 0.3) is 0 Å². The summed E-state index contributed by atoms with van der Waals surface area (Å²) in [5.41, 5.74) is 11.0. The molecule has 0 aliphatic heterocycles. The van der Waals surface area contributed by atoms with Gasteiger partial charge in [0.1, 0.15) is 5.65 Å². The molecule has 2 heterocycles. The first-order valence-corrected chi connectivity index (χ1v) is 6.92. The number of imidazole rings is 1. The van der Waals surface area contributed by atoms with Gasteiger partial charge in [-0.2, -0.15) is 0 Å². The fourth-order valence-corrected chi connectivity index (χ4v) is 2.64. The SMILES string of the molecule is Cc1c(-c2cccc(Br)c2)nc2ccc(CN)cn12.